The van der Waals surface area contributed by atoms with Crippen LogP contribution in [0.5, 0.6) is 0 Å². The molecule has 1 aromatic heterocycles. The molecule has 6 nitrogen and oxygen atoms in total. The second kappa shape index (κ2) is 9.80. The van der Waals surface area contributed by atoms with E-state index in [2.05, 4.69) is 25.2 Å². The maximum absolute atomic E-state index is 13.8. The molecule has 168 valence electrons. The van der Waals surface area contributed by atoms with E-state index < -0.39 is 11.6 Å². The smallest absolute Gasteiger partial charge is 0.218 e. The Kier molecular flexibility index (Phi) is 6.68. The van der Waals surface area contributed by atoms with Crippen LogP contribution in [0.15, 0.2) is 58.8 Å². The fraction of sp³-hybridized carbons (Fsp3) is 0.333. The standard InChI is InChI=1S/C24H26F2N6.H2/c1-16-13-23(29-15-28-16)32-11-9-18(10-12-32)30-24(27-2)31-22-6-4-3-5-19(22)17-7-8-20(25)21(26)14-17;/h3-5,7-8,13-15,18H,6,9-12H2,1-2H3,(H,27,30);1H/b31-22+;. The van der Waals surface area contributed by atoms with Gasteiger partial charge in [-0.05, 0) is 37.5 Å². The zero-order valence-corrected chi connectivity index (χ0v) is 18.2. The monoisotopic (exact) mass is 438 g/mol. The highest BCUT2D eigenvalue weighted by molar-refractivity contribution is 6.27. The van der Waals surface area contributed by atoms with Gasteiger partial charge in [0.2, 0.25) is 5.96 Å². The second-order valence-electron chi connectivity index (χ2n) is 7.87. The molecule has 0 unspecified atom stereocenters. The summed E-state index contributed by atoms with van der Waals surface area (Å²) in [5.41, 5.74) is 3.08. The van der Waals surface area contributed by atoms with Gasteiger partial charge in [-0.3, -0.25) is 4.99 Å². The summed E-state index contributed by atoms with van der Waals surface area (Å²) < 4.78 is 27.1. The maximum Gasteiger partial charge on any atom is 0.218 e. The summed E-state index contributed by atoms with van der Waals surface area (Å²) in [5.74, 6) is -0.235. The molecule has 2 aliphatic rings. The SMILES string of the molecule is CN=C(/N=C1\CC=CC=C1c1ccc(F)c(F)c1)NC1CCN(c2cc(C)ncn2)CC1.[HH]. The van der Waals surface area contributed by atoms with E-state index in [4.69, 9.17) is 4.99 Å². The third-order valence-corrected chi connectivity index (χ3v) is 5.65. The summed E-state index contributed by atoms with van der Waals surface area (Å²) in [5, 5.41) is 3.45. The number of piperidine rings is 1. The summed E-state index contributed by atoms with van der Waals surface area (Å²) >= 11 is 0. The normalized spacial score (nSPS) is 18.8. The van der Waals surface area contributed by atoms with Crippen molar-refractivity contribution in [3.05, 3.63) is 71.7 Å². The molecule has 2 heterocycles. The van der Waals surface area contributed by atoms with Gasteiger partial charge < -0.3 is 10.2 Å². The van der Waals surface area contributed by atoms with Gasteiger partial charge >= 0.3 is 0 Å². The summed E-state index contributed by atoms with van der Waals surface area (Å²) in [4.78, 5) is 19.9. The molecule has 0 amide bonds. The maximum atomic E-state index is 13.8. The Morgan fingerprint density at radius 2 is 1.97 bits per heavy atom. The van der Waals surface area contributed by atoms with Crippen LogP contribution in [0.2, 0.25) is 0 Å². The van der Waals surface area contributed by atoms with E-state index in [9.17, 15) is 8.78 Å². The van der Waals surface area contributed by atoms with Crippen molar-refractivity contribution in [2.75, 3.05) is 25.0 Å². The Bertz CT molecular complexity index is 1100. The average Bonchev–Trinajstić information content (AvgIpc) is 2.81. The number of aliphatic imine (C=N–C) groups is 2. The lowest BCUT2D eigenvalue weighted by Gasteiger charge is -2.33. The third kappa shape index (κ3) is 5.07. The number of halogens is 2. The molecular weight excluding hydrogens is 410 g/mol. The van der Waals surface area contributed by atoms with Crippen LogP contribution in [0.3, 0.4) is 0 Å². The molecule has 1 aromatic carbocycles. The Labute approximate surface area is 188 Å². The highest BCUT2D eigenvalue weighted by Crippen LogP contribution is 2.24. The summed E-state index contributed by atoms with van der Waals surface area (Å²) in [6.07, 6.45) is 9.80. The van der Waals surface area contributed by atoms with Crippen molar-refractivity contribution in [1.29, 1.82) is 0 Å². The van der Waals surface area contributed by atoms with Crippen LogP contribution in [0.1, 0.15) is 31.9 Å². The number of aromatic nitrogens is 2. The fourth-order valence-electron chi connectivity index (χ4n) is 3.91. The van der Waals surface area contributed by atoms with E-state index >= 15 is 0 Å². The van der Waals surface area contributed by atoms with Gasteiger partial charge in [0.15, 0.2) is 11.6 Å². The number of benzene rings is 1. The predicted octanol–water partition coefficient (Wildman–Crippen LogP) is 4.34. The lowest BCUT2D eigenvalue weighted by molar-refractivity contribution is 0.463. The van der Waals surface area contributed by atoms with Gasteiger partial charge in [-0.15, -0.1) is 0 Å². The van der Waals surface area contributed by atoms with E-state index in [0.29, 0.717) is 17.9 Å². The Morgan fingerprint density at radius 1 is 1.16 bits per heavy atom. The van der Waals surface area contributed by atoms with Crippen LogP contribution in [0, 0.1) is 18.6 Å². The lowest BCUT2D eigenvalue weighted by atomic mass is 9.95. The van der Waals surface area contributed by atoms with E-state index in [1.807, 2.05) is 31.2 Å². The number of hydrogen-bond acceptors (Lipinski definition) is 4. The van der Waals surface area contributed by atoms with Crippen molar-refractivity contribution in [3.8, 4) is 0 Å². The average molecular weight is 439 g/mol. The third-order valence-electron chi connectivity index (χ3n) is 5.65. The first kappa shape index (κ1) is 21.8. The van der Waals surface area contributed by atoms with Crippen molar-refractivity contribution < 1.29 is 10.2 Å². The molecule has 32 heavy (non-hydrogen) atoms. The second-order valence-corrected chi connectivity index (χ2v) is 7.87. The number of anilines is 1. The molecule has 2 aromatic rings. The summed E-state index contributed by atoms with van der Waals surface area (Å²) in [6, 6.07) is 6.16. The van der Waals surface area contributed by atoms with Crippen LogP contribution in [0.25, 0.3) is 5.57 Å². The molecule has 1 fully saturated rings. The molecule has 0 radical (unpaired) electrons. The molecule has 8 heteroatoms. The molecule has 1 saturated heterocycles. The van der Waals surface area contributed by atoms with Crippen LogP contribution in [-0.4, -0.2) is 47.8 Å². The largest absolute Gasteiger partial charge is 0.356 e. The minimum atomic E-state index is -0.870. The van der Waals surface area contributed by atoms with Crippen molar-refractivity contribution >= 4 is 23.1 Å². The molecule has 0 spiro atoms. The zero-order chi connectivity index (χ0) is 22.5. The van der Waals surface area contributed by atoms with E-state index in [1.165, 1.54) is 6.07 Å². The quantitative estimate of drug-likeness (QED) is 0.572. The topological polar surface area (TPSA) is 65.8 Å². The molecule has 4 rings (SSSR count). The molecule has 0 atom stereocenters. The van der Waals surface area contributed by atoms with Crippen LogP contribution < -0.4 is 10.2 Å². The molecule has 0 bridgehead atoms. The number of rotatable bonds is 3. The number of guanidine groups is 1. The molecule has 1 aliphatic heterocycles. The number of nitrogens with zero attached hydrogens (tertiary/aromatic N) is 5. The highest BCUT2D eigenvalue weighted by atomic mass is 19.2. The van der Waals surface area contributed by atoms with Crippen molar-refractivity contribution in [1.82, 2.24) is 15.3 Å². The lowest BCUT2D eigenvalue weighted by Crippen LogP contribution is -2.44. The van der Waals surface area contributed by atoms with Crippen LogP contribution in [-0.2, 0) is 0 Å². The Balaban J connectivity index is 0.00000306. The predicted molar refractivity (Wildman–Crippen MR) is 126 cm³/mol. The molecule has 1 N–H and O–H groups in total. The first-order valence-corrected chi connectivity index (χ1v) is 10.7. The van der Waals surface area contributed by atoms with Gasteiger partial charge in [-0.1, -0.05) is 24.3 Å². The van der Waals surface area contributed by atoms with Crippen molar-refractivity contribution in [2.45, 2.75) is 32.2 Å². The number of nitrogens with one attached hydrogen (secondary N) is 1. The van der Waals surface area contributed by atoms with Crippen LogP contribution >= 0.6 is 0 Å². The van der Waals surface area contributed by atoms with Crippen LogP contribution in [0.4, 0.5) is 14.6 Å². The number of hydrogen-bond donors (Lipinski definition) is 1. The van der Waals surface area contributed by atoms with E-state index in [1.54, 1.807) is 19.4 Å². The molecule has 0 saturated carbocycles. The van der Waals surface area contributed by atoms with Gasteiger partial charge in [-0.25, -0.2) is 23.7 Å². The molecule has 1 aliphatic carbocycles. The molecular formula is C24H28F2N6. The van der Waals surface area contributed by atoms with Crippen molar-refractivity contribution in [2.24, 2.45) is 9.98 Å². The highest BCUT2D eigenvalue weighted by Gasteiger charge is 2.22. The van der Waals surface area contributed by atoms with Crippen molar-refractivity contribution in [3.63, 3.8) is 0 Å². The minimum Gasteiger partial charge on any atom is -0.356 e. The summed E-state index contributed by atoms with van der Waals surface area (Å²) in [6.45, 7) is 3.72. The van der Waals surface area contributed by atoms with E-state index in [-0.39, 0.29) is 7.47 Å². The van der Waals surface area contributed by atoms with Gasteiger partial charge in [0.05, 0.1) is 5.71 Å². The summed E-state index contributed by atoms with van der Waals surface area (Å²) in [7, 11) is 1.70. The zero-order valence-electron chi connectivity index (χ0n) is 18.2. The fourth-order valence-corrected chi connectivity index (χ4v) is 3.91. The van der Waals surface area contributed by atoms with Gasteiger partial charge in [-0.2, -0.15) is 0 Å². The first-order valence-electron chi connectivity index (χ1n) is 10.7. The number of aryl methyl sites for hydroxylation is 1. The van der Waals surface area contributed by atoms with Gasteiger partial charge in [0.1, 0.15) is 12.1 Å². The Hall–Kier alpha value is -3.42. The number of allylic oxidation sites excluding steroid dienone is 4. The van der Waals surface area contributed by atoms with E-state index in [0.717, 1.165) is 54.8 Å². The van der Waals surface area contributed by atoms with Gasteiger partial charge in [0, 0.05) is 51.4 Å². The van der Waals surface area contributed by atoms with Gasteiger partial charge in [0.25, 0.3) is 0 Å². The Morgan fingerprint density at radius 3 is 2.69 bits per heavy atom. The minimum absolute atomic E-state index is 0. The first-order chi connectivity index (χ1) is 15.5.